The van der Waals surface area contributed by atoms with E-state index in [4.69, 9.17) is 14.8 Å². The maximum atomic E-state index is 11.3. The fourth-order valence-electron chi connectivity index (χ4n) is 1.92. The second-order valence-electron chi connectivity index (χ2n) is 4.42. The van der Waals surface area contributed by atoms with Crippen LogP contribution in [0, 0.1) is 0 Å². The molecule has 1 unspecified atom stereocenters. The van der Waals surface area contributed by atoms with Crippen LogP contribution in [-0.4, -0.2) is 35.9 Å². The number of hydrogen-bond acceptors (Lipinski definition) is 6. The van der Waals surface area contributed by atoms with Gasteiger partial charge in [-0.2, -0.15) is 16.8 Å². The first-order chi connectivity index (χ1) is 8.94. The van der Waals surface area contributed by atoms with Crippen LogP contribution in [0.3, 0.4) is 0 Å². The topological polar surface area (TPSA) is 155 Å². The monoisotopic (exact) mass is 321 g/mol. The van der Waals surface area contributed by atoms with Crippen molar-refractivity contribution < 1.29 is 31.0 Å². The average Bonchev–Trinajstić information content (AvgIpc) is 2.25. The average molecular weight is 321 g/mol. The first-order valence-corrected chi connectivity index (χ1v) is 8.10. The van der Waals surface area contributed by atoms with Gasteiger partial charge in [-0.25, -0.2) is 0 Å². The zero-order valence-corrected chi connectivity index (χ0v) is 11.5. The molecule has 1 aromatic rings. The molecule has 1 aliphatic carbocycles. The molecule has 5 N–H and O–H groups in total. The summed E-state index contributed by atoms with van der Waals surface area (Å²) >= 11 is 0. The molecular weight excluding hydrogens is 310 g/mol. The molecule has 0 spiro atoms. The summed E-state index contributed by atoms with van der Waals surface area (Å²) in [5.74, 6) is -0.412. The molecule has 110 valence electrons. The molecule has 10 heteroatoms. The summed E-state index contributed by atoms with van der Waals surface area (Å²) in [4.78, 5) is -2.75. The molecule has 0 saturated heterocycles. The molecule has 0 fully saturated rings. The third kappa shape index (κ3) is 2.43. The van der Waals surface area contributed by atoms with Crippen molar-refractivity contribution in [2.45, 2.75) is 16.2 Å². The van der Waals surface area contributed by atoms with Gasteiger partial charge in [-0.1, -0.05) is 0 Å². The number of aliphatic hydroxyl groups is 1. The summed E-state index contributed by atoms with van der Waals surface area (Å²) in [5.41, 5.74) is 5.51. The number of aliphatic hydroxyl groups excluding tert-OH is 1. The summed E-state index contributed by atoms with van der Waals surface area (Å²) in [6.07, 6.45) is 0.371. The van der Waals surface area contributed by atoms with Crippen molar-refractivity contribution in [3.8, 4) is 0 Å². The van der Waals surface area contributed by atoms with Gasteiger partial charge >= 0.3 is 0 Å². The van der Waals surface area contributed by atoms with Gasteiger partial charge < -0.3 is 10.8 Å². The predicted octanol–water partition coefficient (Wildman–Crippen LogP) is -1.67. The second-order valence-corrected chi connectivity index (χ2v) is 7.55. The highest BCUT2D eigenvalue weighted by atomic mass is 32.2. The van der Waals surface area contributed by atoms with Gasteiger partial charge in [-0.15, -0.1) is 0 Å². The maximum Gasteiger partial charge on any atom is 0.294 e. The van der Waals surface area contributed by atoms with Gasteiger partial charge in [0.05, 0.1) is 4.90 Å². The quantitative estimate of drug-likeness (QED) is 0.471. The predicted molar refractivity (Wildman–Crippen MR) is 69.1 cm³/mol. The number of rotatable bonds is 2. The second kappa shape index (κ2) is 4.27. The molecule has 8 nitrogen and oxygen atoms in total. The number of fused-ring (bicyclic) bond motifs is 1. The normalized spacial score (nSPS) is 23.1. The van der Waals surface area contributed by atoms with Crippen LogP contribution in [0.25, 0.3) is 11.8 Å². The highest BCUT2D eigenvalue weighted by Crippen LogP contribution is 2.22. The summed E-state index contributed by atoms with van der Waals surface area (Å²) < 4.78 is 62.6. The smallest absolute Gasteiger partial charge is 0.294 e. The van der Waals surface area contributed by atoms with Crippen molar-refractivity contribution in [3.63, 3.8) is 0 Å². The van der Waals surface area contributed by atoms with Gasteiger partial charge in [-0.05, 0) is 29.5 Å². The van der Waals surface area contributed by atoms with E-state index >= 15 is 0 Å². The first-order valence-electron chi connectivity index (χ1n) is 5.22. The van der Waals surface area contributed by atoms with E-state index in [0.717, 1.165) is 18.2 Å². The van der Waals surface area contributed by atoms with Crippen molar-refractivity contribution in [2.75, 3.05) is 0 Å². The van der Waals surface area contributed by atoms with E-state index in [9.17, 15) is 21.9 Å². The molecule has 1 atom stereocenters. The SMILES string of the molecule is NC1(S(=O)(=O)O)C=c2cc(S(=O)(=O)O)ccc2=C(O)C1. The molecule has 0 aromatic heterocycles. The molecule has 2 rings (SSSR count). The van der Waals surface area contributed by atoms with E-state index in [1.54, 1.807) is 0 Å². The van der Waals surface area contributed by atoms with Crippen molar-refractivity contribution in [1.29, 1.82) is 0 Å². The van der Waals surface area contributed by atoms with Crippen LogP contribution in [0.1, 0.15) is 6.42 Å². The van der Waals surface area contributed by atoms with E-state index in [1.807, 2.05) is 0 Å². The zero-order valence-electron chi connectivity index (χ0n) is 9.88. The van der Waals surface area contributed by atoms with Crippen LogP contribution >= 0.6 is 0 Å². The number of benzene rings is 1. The Morgan fingerprint density at radius 2 is 1.75 bits per heavy atom. The van der Waals surface area contributed by atoms with E-state index in [-0.39, 0.29) is 10.4 Å². The van der Waals surface area contributed by atoms with Gasteiger partial charge in [0.1, 0.15) is 5.76 Å². The Bertz CT molecular complexity index is 901. The Morgan fingerprint density at radius 3 is 2.25 bits per heavy atom. The fraction of sp³-hybridized carbons (Fsp3) is 0.200. The molecule has 20 heavy (non-hydrogen) atoms. The summed E-state index contributed by atoms with van der Waals surface area (Å²) in [6.45, 7) is 0. The van der Waals surface area contributed by atoms with Crippen molar-refractivity contribution in [1.82, 2.24) is 0 Å². The van der Waals surface area contributed by atoms with Gasteiger partial charge in [0.25, 0.3) is 20.2 Å². The molecule has 0 bridgehead atoms. The molecule has 0 amide bonds. The minimum Gasteiger partial charge on any atom is -0.512 e. The van der Waals surface area contributed by atoms with Crippen LogP contribution in [0.2, 0.25) is 0 Å². The Hall–Kier alpha value is -1.46. The number of hydrogen-bond donors (Lipinski definition) is 4. The third-order valence-electron chi connectivity index (χ3n) is 2.96. The van der Waals surface area contributed by atoms with Crippen LogP contribution in [0.4, 0.5) is 0 Å². The molecule has 0 heterocycles. The minimum absolute atomic E-state index is 0.0241. The largest absolute Gasteiger partial charge is 0.512 e. The minimum atomic E-state index is -4.72. The maximum absolute atomic E-state index is 11.3. The van der Waals surface area contributed by atoms with Crippen molar-refractivity contribution >= 4 is 32.1 Å². The zero-order chi connectivity index (χ0) is 15.3. The fourth-order valence-corrected chi connectivity index (χ4v) is 3.03. The summed E-state index contributed by atoms with van der Waals surface area (Å²) in [7, 11) is -9.21. The lowest BCUT2D eigenvalue weighted by Crippen LogP contribution is -2.51. The highest BCUT2D eigenvalue weighted by molar-refractivity contribution is 7.87. The molecule has 0 saturated carbocycles. The lowest BCUT2D eigenvalue weighted by Gasteiger charge is -2.24. The first kappa shape index (κ1) is 14.9. The lowest BCUT2D eigenvalue weighted by atomic mass is 10.0. The van der Waals surface area contributed by atoms with Gasteiger partial charge in [0, 0.05) is 11.6 Å². The van der Waals surface area contributed by atoms with Gasteiger partial charge in [0.2, 0.25) is 0 Å². The standard InChI is InChI=1S/C10H11NO7S2/c11-10(20(16,17)18)4-6-3-7(19(13,14)15)1-2-8(6)9(12)5-10/h1-4,12H,5,11H2,(H,13,14,15)(H,16,17,18). The van der Waals surface area contributed by atoms with Crippen molar-refractivity contribution in [2.24, 2.45) is 5.73 Å². The van der Waals surface area contributed by atoms with E-state index in [2.05, 4.69) is 0 Å². The number of nitrogens with two attached hydrogens (primary N) is 1. The van der Waals surface area contributed by atoms with Crippen LogP contribution < -0.4 is 16.2 Å². The third-order valence-corrected chi connectivity index (χ3v) is 5.03. The summed E-state index contributed by atoms with van der Waals surface area (Å²) in [6, 6.07) is 3.20. The lowest BCUT2D eigenvalue weighted by molar-refractivity contribution is 0.425. The van der Waals surface area contributed by atoms with Crippen LogP contribution in [-0.2, 0) is 20.2 Å². The van der Waals surface area contributed by atoms with E-state index in [1.165, 1.54) is 6.07 Å². The molecular formula is C10H11NO7S2. The van der Waals surface area contributed by atoms with E-state index in [0.29, 0.717) is 0 Å². The van der Waals surface area contributed by atoms with Gasteiger partial charge in [-0.3, -0.25) is 9.11 Å². The summed E-state index contributed by atoms with van der Waals surface area (Å²) in [5, 5.41) is 9.93. The Kier molecular flexibility index (Phi) is 3.19. The van der Waals surface area contributed by atoms with E-state index < -0.39 is 42.2 Å². The molecule has 1 aromatic carbocycles. The molecule has 0 aliphatic heterocycles. The van der Waals surface area contributed by atoms with Crippen LogP contribution in [0.15, 0.2) is 23.1 Å². The van der Waals surface area contributed by atoms with Crippen LogP contribution in [0.5, 0.6) is 0 Å². The Balaban J connectivity index is 2.86. The van der Waals surface area contributed by atoms with Crippen molar-refractivity contribution in [3.05, 3.63) is 28.6 Å². The Labute approximate surface area is 114 Å². The molecule has 0 radical (unpaired) electrons. The van der Waals surface area contributed by atoms with Gasteiger partial charge in [0.15, 0.2) is 4.87 Å². The highest BCUT2D eigenvalue weighted by Gasteiger charge is 2.39. The Morgan fingerprint density at radius 1 is 1.15 bits per heavy atom. The molecule has 1 aliphatic rings.